The summed E-state index contributed by atoms with van der Waals surface area (Å²) in [5.41, 5.74) is 5.95. The Morgan fingerprint density at radius 3 is 2.58 bits per heavy atom. The minimum absolute atomic E-state index is 0.0831. The van der Waals surface area contributed by atoms with E-state index in [1.54, 1.807) is 0 Å². The van der Waals surface area contributed by atoms with Gasteiger partial charge in [-0.2, -0.15) is 0 Å². The summed E-state index contributed by atoms with van der Waals surface area (Å²) in [7, 11) is 4.26. The largest absolute Gasteiger partial charge is 0.487 e. The third-order valence-corrected chi connectivity index (χ3v) is 6.42. The Morgan fingerprint density at radius 1 is 1.00 bits per heavy atom. The Hall–Kier alpha value is -2.67. The number of hydrogen-bond donors (Lipinski definition) is 1. The van der Waals surface area contributed by atoms with Crippen LogP contribution >= 0.6 is 0 Å². The smallest absolute Gasteiger partial charge is 0.260 e. The lowest BCUT2D eigenvalue weighted by Crippen LogP contribution is -2.47. The van der Waals surface area contributed by atoms with Gasteiger partial charge in [-0.1, -0.05) is 36.4 Å². The van der Waals surface area contributed by atoms with Crippen molar-refractivity contribution in [1.29, 1.82) is 0 Å². The molecule has 0 aliphatic carbocycles. The second-order valence-corrected chi connectivity index (χ2v) is 8.91. The maximum Gasteiger partial charge on any atom is 0.260 e. The van der Waals surface area contributed by atoms with Gasteiger partial charge >= 0.3 is 0 Å². The molecule has 0 aromatic heterocycles. The first-order valence-electron chi connectivity index (χ1n) is 11.1. The number of piperazine rings is 1. The highest BCUT2D eigenvalue weighted by Crippen LogP contribution is 2.41. The number of hydrogen-bond acceptors (Lipinski definition) is 5. The maximum atomic E-state index is 12.6. The summed E-state index contributed by atoms with van der Waals surface area (Å²) >= 11 is 0. The number of anilines is 1. The zero-order chi connectivity index (χ0) is 21.4. The van der Waals surface area contributed by atoms with Crippen molar-refractivity contribution in [3.63, 3.8) is 0 Å². The van der Waals surface area contributed by atoms with Crippen LogP contribution in [0.2, 0.25) is 0 Å². The lowest BCUT2D eigenvalue weighted by Gasteiger charge is -2.35. The first kappa shape index (κ1) is 20.2. The zero-order valence-electron chi connectivity index (χ0n) is 18.4. The molecule has 6 nitrogen and oxygen atoms in total. The van der Waals surface area contributed by atoms with Crippen LogP contribution in [0.5, 0.6) is 0 Å². The van der Waals surface area contributed by atoms with Gasteiger partial charge in [-0.3, -0.25) is 14.6 Å². The summed E-state index contributed by atoms with van der Waals surface area (Å²) in [6, 6.07) is 14.4. The Bertz CT molecular complexity index is 1020. The Labute approximate surface area is 184 Å². The molecule has 3 aliphatic rings. The van der Waals surface area contributed by atoms with Crippen LogP contribution in [0.4, 0.5) is 5.69 Å². The summed E-state index contributed by atoms with van der Waals surface area (Å²) in [4.78, 5) is 19.9. The number of benzene rings is 2. The number of carbonyl (C=O) groups is 1. The number of rotatable bonds is 5. The van der Waals surface area contributed by atoms with E-state index in [4.69, 9.17) is 4.74 Å². The number of amides is 1. The van der Waals surface area contributed by atoms with Gasteiger partial charge in [0.15, 0.2) is 0 Å². The highest BCUT2D eigenvalue weighted by atomic mass is 16.5. The van der Waals surface area contributed by atoms with Crippen molar-refractivity contribution >= 4 is 22.9 Å². The van der Waals surface area contributed by atoms with Crippen LogP contribution in [0.25, 0.3) is 11.3 Å². The minimum atomic E-state index is -0.0831. The summed E-state index contributed by atoms with van der Waals surface area (Å²) in [6.07, 6.45) is 0. The minimum Gasteiger partial charge on any atom is -0.487 e. The molecule has 6 heteroatoms. The molecule has 1 amide bonds. The summed E-state index contributed by atoms with van der Waals surface area (Å²) in [6.45, 7) is 8.22. The highest BCUT2D eigenvalue weighted by molar-refractivity contribution is 6.36. The number of ether oxygens (including phenoxy) is 1. The van der Waals surface area contributed by atoms with Crippen LogP contribution in [0.1, 0.15) is 22.3 Å². The van der Waals surface area contributed by atoms with Crippen molar-refractivity contribution in [2.75, 3.05) is 58.7 Å². The van der Waals surface area contributed by atoms with Gasteiger partial charge in [-0.25, -0.2) is 0 Å². The molecule has 3 aliphatic heterocycles. The molecule has 0 unspecified atom stereocenters. The fourth-order valence-corrected chi connectivity index (χ4v) is 4.63. The number of nitrogens with one attached hydrogen (secondary N) is 1. The topological polar surface area (TPSA) is 48.1 Å². The van der Waals surface area contributed by atoms with Gasteiger partial charge < -0.3 is 15.0 Å². The fourth-order valence-electron chi connectivity index (χ4n) is 4.63. The molecular weight excluding hydrogens is 388 g/mol. The molecule has 0 atom stereocenters. The predicted octanol–water partition coefficient (Wildman–Crippen LogP) is 2.72. The van der Waals surface area contributed by atoms with E-state index in [0.717, 1.165) is 62.6 Å². The number of likely N-dealkylation sites (N-methyl/N-ethyl adjacent to an activating group) is 1. The molecule has 3 heterocycles. The standard InChI is InChI=1S/C25H30N4O2/c1-27(2)9-10-28-11-13-29(14-12-28)16-18-7-8-20-19(15-18)17-31-24(20)23-21-5-3-4-6-22(21)26-25(23)30/h3-8,15H,9-14,16-17H2,1-2H3,(H,26,30). The third kappa shape index (κ3) is 4.11. The van der Waals surface area contributed by atoms with Gasteiger partial charge in [0, 0.05) is 68.2 Å². The second kappa shape index (κ2) is 8.46. The monoisotopic (exact) mass is 418 g/mol. The van der Waals surface area contributed by atoms with Crippen LogP contribution in [-0.4, -0.2) is 74.0 Å². The van der Waals surface area contributed by atoms with Crippen molar-refractivity contribution in [3.8, 4) is 0 Å². The molecule has 2 aromatic rings. The average Bonchev–Trinajstić information content (AvgIpc) is 3.32. The van der Waals surface area contributed by atoms with Gasteiger partial charge in [0.05, 0.1) is 5.57 Å². The Morgan fingerprint density at radius 2 is 1.77 bits per heavy atom. The lowest BCUT2D eigenvalue weighted by molar-refractivity contribution is -0.110. The van der Waals surface area contributed by atoms with Gasteiger partial charge in [-0.15, -0.1) is 0 Å². The molecular formula is C25H30N4O2. The SMILES string of the molecule is CN(C)CCN1CCN(Cc2ccc3c(c2)COC3=C2C(=O)Nc3ccccc32)CC1. The molecule has 0 saturated carbocycles. The molecule has 1 saturated heterocycles. The van der Waals surface area contributed by atoms with E-state index in [-0.39, 0.29) is 5.91 Å². The number of para-hydroxylation sites is 1. The van der Waals surface area contributed by atoms with Crippen LogP contribution in [0, 0.1) is 0 Å². The molecule has 0 spiro atoms. The van der Waals surface area contributed by atoms with Crippen LogP contribution < -0.4 is 5.32 Å². The molecule has 0 bridgehead atoms. The molecule has 0 radical (unpaired) electrons. The molecule has 1 N–H and O–H groups in total. The molecule has 5 rings (SSSR count). The van der Waals surface area contributed by atoms with E-state index >= 15 is 0 Å². The summed E-state index contributed by atoms with van der Waals surface area (Å²) in [5, 5.41) is 2.95. The van der Waals surface area contributed by atoms with Gasteiger partial charge in [0.2, 0.25) is 0 Å². The quantitative estimate of drug-likeness (QED) is 0.757. The van der Waals surface area contributed by atoms with Crippen molar-refractivity contribution in [2.24, 2.45) is 0 Å². The fraction of sp³-hybridized carbons (Fsp3) is 0.400. The highest BCUT2D eigenvalue weighted by Gasteiger charge is 2.32. The van der Waals surface area contributed by atoms with Crippen molar-refractivity contribution in [3.05, 3.63) is 64.7 Å². The van der Waals surface area contributed by atoms with Crippen LogP contribution in [0.3, 0.4) is 0 Å². The first-order valence-corrected chi connectivity index (χ1v) is 11.1. The van der Waals surface area contributed by atoms with Gasteiger partial charge in [0.25, 0.3) is 5.91 Å². The predicted molar refractivity (Wildman–Crippen MR) is 123 cm³/mol. The van der Waals surface area contributed by atoms with E-state index < -0.39 is 0 Å². The second-order valence-electron chi connectivity index (χ2n) is 8.91. The first-order chi connectivity index (χ1) is 15.1. The zero-order valence-corrected chi connectivity index (χ0v) is 18.4. The number of nitrogens with zero attached hydrogens (tertiary/aromatic N) is 3. The Kier molecular flexibility index (Phi) is 5.52. The van der Waals surface area contributed by atoms with Crippen LogP contribution in [0.15, 0.2) is 42.5 Å². The molecule has 1 fully saturated rings. The normalized spacial score (nSPS) is 21.2. The molecule has 2 aromatic carbocycles. The van der Waals surface area contributed by atoms with E-state index in [1.165, 1.54) is 11.1 Å². The van der Waals surface area contributed by atoms with E-state index in [0.29, 0.717) is 17.9 Å². The molecule has 162 valence electrons. The number of fused-ring (bicyclic) bond motifs is 2. The van der Waals surface area contributed by atoms with E-state index in [9.17, 15) is 4.79 Å². The summed E-state index contributed by atoms with van der Waals surface area (Å²) < 4.78 is 6.03. The van der Waals surface area contributed by atoms with E-state index in [2.05, 4.69) is 52.3 Å². The Balaban J connectivity index is 1.28. The third-order valence-electron chi connectivity index (χ3n) is 6.42. The van der Waals surface area contributed by atoms with Crippen molar-refractivity contribution < 1.29 is 9.53 Å². The molecule has 31 heavy (non-hydrogen) atoms. The lowest BCUT2D eigenvalue weighted by atomic mass is 9.99. The van der Waals surface area contributed by atoms with Gasteiger partial charge in [0.1, 0.15) is 12.4 Å². The van der Waals surface area contributed by atoms with Gasteiger partial charge in [-0.05, 0) is 25.7 Å². The van der Waals surface area contributed by atoms with Crippen molar-refractivity contribution in [1.82, 2.24) is 14.7 Å². The number of carbonyl (C=O) groups excluding carboxylic acids is 1. The maximum absolute atomic E-state index is 12.6. The average molecular weight is 419 g/mol. The van der Waals surface area contributed by atoms with E-state index in [1.807, 2.05) is 24.3 Å². The van der Waals surface area contributed by atoms with Crippen LogP contribution in [-0.2, 0) is 22.7 Å². The van der Waals surface area contributed by atoms with Crippen molar-refractivity contribution in [2.45, 2.75) is 13.2 Å². The summed E-state index contributed by atoms with van der Waals surface area (Å²) in [5.74, 6) is 0.624.